The molecule has 8 heteroatoms. The number of amides is 1. The summed E-state index contributed by atoms with van der Waals surface area (Å²) in [6.07, 6.45) is 0. The smallest absolute Gasteiger partial charge is 0.276 e. The van der Waals surface area contributed by atoms with Gasteiger partial charge in [0.25, 0.3) is 5.91 Å². The molecule has 0 atom stereocenters. The number of nitrogens with zero attached hydrogens (tertiary/aromatic N) is 5. The minimum Gasteiger partial charge on any atom is -0.355 e. The van der Waals surface area contributed by atoms with Crippen LogP contribution in [0.4, 0.5) is 0 Å². The van der Waals surface area contributed by atoms with E-state index in [1.165, 1.54) is 0 Å². The molecule has 0 radical (unpaired) electrons. The third-order valence-electron chi connectivity index (χ3n) is 4.06. The number of carbonyl (C=O) groups excluding carboxylic acids is 1. The first-order valence-electron chi connectivity index (χ1n) is 7.52. The van der Waals surface area contributed by atoms with Gasteiger partial charge in [0.2, 0.25) is 0 Å². The maximum atomic E-state index is 12.6. The fourth-order valence-corrected chi connectivity index (χ4v) is 2.98. The molecule has 0 aliphatic carbocycles. The summed E-state index contributed by atoms with van der Waals surface area (Å²) >= 11 is 5.98. The fourth-order valence-electron chi connectivity index (χ4n) is 2.79. The maximum Gasteiger partial charge on any atom is 0.276 e. The zero-order valence-electron chi connectivity index (χ0n) is 12.9. The highest BCUT2D eigenvalue weighted by Gasteiger charge is 2.26. The van der Waals surface area contributed by atoms with E-state index in [1.54, 1.807) is 23.1 Å². The molecule has 0 spiro atoms. The van der Waals surface area contributed by atoms with E-state index in [4.69, 9.17) is 16.1 Å². The van der Waals surface area contributed by atoms with Gasteiger partial charge in [-0.3, -0.25) is 4.79 Å². The first-order chi connectivity index (χ1) is 11.6. The average Bonchev–Trinajstić information content (AvgIpc) is 3.21. The predicted octanol–water partition coefficient (Wildman–Crippen LogP) is 2.55. The number of hydrogen-bond acceptors (Lipinski definition) is 5. The fraction of sp³-hybridized carbons (Fsp3) is 0.250. The number of rotatable bonds is 2. The number of halogens is 1. The van der Waals surface area contributed by atoms with Gasteiger partial charge in [-0.2, -0.15) is 0 Å². The zero-order chi connectivity index (χ0) is 16.7. The van der Waals surface area contributed by atoms with Crippen molar-refractivity contribution in [1.29, 1.82) is 0 Å². The summed E-state index contributed by atoms with van der Waals surface area (Å²) in [6.45, 7) is 3.59. The van der Waals surface area contributed by atoms with Crippen molar-refractivity contribution in [2.45, 2.75) is 20.0 Å². The van der Waals surface area contributed by atoms with Crippen molar-refractivity contribution in [3.05, 3.63) is 52.7 Å². The minimum atomic E-state index is -0.182. The molecule has 0 saturated carbocycles. The highest BCUT2D eigenvalue weighted by atomic mass is 35.5. The van der Waals surface area contributed by atoms with E-state index < -0.39 is 0 Å². The van der Waals surface area contributed by atoms with Crippen molar-refractivity contribution in [3.8, 4) is 11.3 Å². The van der Waals surface area contributed by atoms with E-state index >= 15 is 0 Å². The van der Waals surface area contributed by atoms with Crippen LogP contribution in [0.25, 0.3) is 11.3 Å². The Labute approximate surface area is 142 Å². The Morgan fingerprint density at radius 1 is 1.25 bits per heavy atom. The Bertz CT molecular complexity index is 917. The molecule has 0 fully saturated rings. The third kappa shape index (κ3) is 2.56. The molecule has 3 aromatic rings. The van der Waals surface area contributed by atoms with Gasteiger partial charge >= 0.3 is 0 Å². The number of benzene rings is 1. The Morgan fingerprint density at radius 3 is 2.96 bits per heavy atom. The van der Waals surface area contributed by atoms with Gasteiger partial charge in [0.15, 0.2) is 17.3 Å². The SMILES string of the molecule is Cc1nnc2n1CCN(C(=O)c1cc(-c3cccc(Cl)c3)on1)C2. The average molecular weight is 344 g/mol. The molecule has 24 heavy (non-hydrogen) atoms. The summed E-state index contributed by atoms with van der Waals surface area (Å²) < 4.78 is 7.32. The van der Waals surface area contributed by atoms with Crippen molar-refractivity contribution in [3.63, 3.8) is 0 Å². The molecule has 4 rings (SSSR count). The Morgan fingerprint density at radius 2 is 2.12 bits per heavy atom. The standard InChI is InChI=1S/C16H14ClN5O2/c1-10-18-19-15-9-21(5-6-22(10)15)16(23)13-8-14(24-20-13)11-3-2-4-12(17)7-11/h2-4,7-8H,5-6,9H2,1H3. The van der Waals surface area contributed by atoms with Gasteiger partial charge in [-0.05, 0) is 19.1 Å². The van der Waals surface area contributed by atoms with E-state index in [0.717, 1.165) is 17.2 Å². The van der Waals surface area contributed by atoms with Crippen molar-refractivity contribution in [2.24, 2.45) is 0 Å². The van der Waals surface area contributed by atoms with Crippen LogP contribution >= 0.6 is 11.6 Å². The lowest BCUT2D eigenvalue weighted by molar-refractivity contribution is 0.0696. The topological polar surface area (TPSA) is 77.0 Å². The molecule has 3 heterocycles. The highest BCUT2D eigenvalue weighted by Crippen LogP contribution is 2.24. The number of fused-ring (bicyclic) bond motifs is 1. The van der Waals surface area contributed by atoms with Gasteiger partial charge in [-0.15, -0.1) is 10.2 Å². The lowest BCUT2D eigenvalue weighted by atomic mass is 10.1. The Kier molecular flexibility index (Phi) is 3.57. The van der Waals surface area contributed by atoms with Crippen LogP contribution in [0, 0.1) is 6.92 Å². The van der Waals surface area contributed by atoms with E-state index in [-0.39, 0.29) is 11.6 Å². The van der Waals surface area contributed by atoms with Crippen LogP contribution in [0.1, 0.15) is 22.1 Å². The van der Waals surface area contributed by atoms with Gasteiger partial charge in [-0.1, -0.05) is 28.9 Å². The summed E-state index contributed by atoms with van der Waals surface area (Å²) in [4.78, 5) is 14.3. The molecule has 7 nitrogen and oxygen atoms in total. The van der Waals surface area contributed by atoms with Crippen LogP contribution in [0.15, 0.2) is 34.9 Å². The molecule has 0 N–H and O–H groups in total. The van der Waals surface area contributed by atoms with Gasteiger partial charge < -0.3 is 14.0 Å². The van der Waals surface area contributed by atoms with Crippen LogP contribution in [-0.4, -0.2) is 37.3 Å². The van der Waals surface area contributed by atoms with Crippen LogP contribution in [0.5, 0.6) is 0 Å². The number of aryl methyl sites for hydroxylation is 1. The normalized spacial score (nSPS) is 13.8. The van der Waals surface area contributed by atoms with Gasteiger partial charge in [0.1, 0.15) is 5.82 Å². The van der Waals surface area contributed by atoms with Gasteiger partial charge in [0, 0.05) is 29.7 Å². The predicted molar refractivity (Wildman–Crippen MR) is 86.4 cm³/mol. The van der Waals surface area contributed by atoms with Gasteiger partial charge in [0.05, 0.1) is 6.54 Å². The second-order valence-corrected chi connectivity index (χ2v) is 6.06. The van der Waals surface area contributed by atoms with Crippen LogP contribution in [-0.2, 0) is 13.1 Å². The van der Waals surface area contributed by atoms with Gasteiger partial charge in [-0.25, -0.2) is 0 Å². The lowest BCUT2D eigenvalue weighted by Gasteiger charge is -2.26. The van der Waals surface area contributed by atoms with Crippen LogP contribution < -0.4 is 0 Å². The second-order valence-electron chi connectivity index (χ2n) is 5.63. The summed E-state index contributed by atoms with van der Waals surface area (Å²) in [5.74, 6) is 1.98. The summed E-state index contributed by atoms with van der Waals surface area (Å²) in [5.41, 5.74) is 1.05. The second kappa shape index (κ2) is 5.76. The summed E-state index contributed by atoms with van der Waals surface area (Å²) in [5, 5.41) is 12.7. The molecule has 0 saturated heterocycles. The van der Waals surface area contributed by atoms with Crippen LogP contribution in [0.3, 0.4) is 0 Å². The van der Waals surface area contributed by atoms with E-state index in [0.29, 0.717) is 30.4 Å². The monoisotopic (exact) mass is 343 g/mol. The third-order valence-corrected chi connectivity index (χ3v) is 4.30. The highest BCUT2D eigenvalue weighted by molar-refractivity contribution is 6.30. The van der Waals surface area contributed by atoms with Crippen molar-refractivity contribution < 1.29 is 9.32 Å². The number of hydrogen-bond donors (Lipinski definition) is 0. The largest absolute Gasteiger partial charge is 0.355 e. The molecular formula is C16H14ClN5O2. The quantitative estimate of drug-likeness (QED) is 0.714. The Hall–Kier alpha value is -2.67. The van der Waals surface area contributed by atoms with Crippen molar-refractivity contribution >= 4 is 17.5 Å². The van der Waals surface area contributed by atoms with Crippen molar-refractivity contribution in [1.82, 2.24) is 24.8 Å². The lowest BCUT2D eigenvalue weighted by Crippen LogP contribution is -2.38. The first-order valence-corrected chi connectivity index (χ1v) is 7.90. The summed E-state index contributed by atoms with van der Waals surface area (Å²) in [6, 6.07) is 8.86. The Balaban J connectivity index is 1.56. The number of carbonyl (C=O) groups is 1. The number of aromatic nitrogens is 4. The van der Waals surface area contributed by atoms with E-state index in [1.807, 2.05) is 23.6 Å². The first kappa shape index (κ1) is 14.9. The molecule has 1 amide bonds. The van der Waals surface area contributed by atoms with E-state index in [9.17, 15) is 4.79 Å². The zero-order valence-corrected chi connectivity index (χ0v) is 13.7. The minimum absolute atomic E-state index is 0.182. The molecule has 122 valence electrons. The molecule has 0 unspecified atom stereocenters. The molecule has 1 aliphatic rings. The molecule has 1 aliphatic heterocycles. The summed E-state index contributed by atoms with van der Waals surface area (Å²) in [7, 11) is 0. The maximum absolute atomic E-state index is 12.6. The van der Waals surface area contributed by atoms with E-state index in [2.05, 4.69) is 15.4 Å². The molecule has 1 aromatic carbocycles. The molecule has 2 aromatic heterocycles. The van der Waals surface area contributed by atoms with Crippen molar-refractivity contribution in [2.75, 3.05) is 6.54 Å². The molecule has 0 bridgehead atoms. The van der Waals surface area contributed by atoms with Crippen LogP contribution in [0.2, 0.25) is 5.02 Å². The molecular weight excluding hydrogens is 330 g/mol.